The van der Waals surface area contributed by atoms with Gasteiger partial charge in [0.15, 0.2) is 5.82 Å². The zero-order chi connectivity index (χ0) is 11.6. The molecular formula is C12H16N4. The lowest BCUT2D eigenvalue weighted by Gasteiger charge is -2.18. The first-order chi connectivity index (χ1) is 7.61. The summed E-state index contributed by atoms with van der Waals surface area (Å²) in [4.78, 5) is 0. The lowest BCUT2D eigenvalue weighted by molar-refractivity contribution is 0.378. The van der Waals surface area contributed by atoms with Crippen LogP contribution in [0, 0.1) is 16.7 Å². The summed E-state index contributed by atoms with van der Waals surface area (Å²) in [6, 6.07) is 4.23. The number of nitrogens with zero attached hydrogens (tertiary/aromatic N) is 3. The molecule has 1 aromatic rings. The fourth-order valence-electron chi connectivity index (χ4n) is 2.28. The van der Waals surface area contributed by atoms with E-state index >= 15 is 0 Å². The van der Waals surface area contributed by atoms with E-state index in [1.165, 1.54) is 6.42 Å². The number of anilines is 1. The molecule has 0 amide bonds. The van der Waals surface area contributed by atoms with Crippen molar-refractivity contribution in [2.75, 3.05) is 5.32 Å². The van der Waals surface area contributed by atoms with Gasteiger partial charge in [-0.25, -0.2) is 0 Å². The second kappa shape index (κ2) is 4.09. The van der Waals surface area contributed by atoms with E-state index in [0.717, 1.165) is 12.8 Å². The Balaban J connectivity index is 2.08. The molecule has 1 N–H and O–H groups in total. The molecule has 1 aliphatic rings. The van der Waals surface area contributed by atoms with Gasteiger partial charge >= 0.3 is 0 Å². The normalized spacial score (nSPS) is 22.7. The Bertz CT molecular complexity index is 419. The maximum atomic E-state index is 8.94. The minimum absolute atomic E-state index is 0.396. The summed E-state index contributed by atoms with van der Waals surface area (Å²) < 4.78 is 0. The minimum atomic E-state index is 0.396. The van der Waals surface area contributed by atoms with Gasteiger partial charge in [-0.05, 0) is 30.7 Å². The van der Waals surface area contributed by atoms with Gasteiger partial charge in [0.1, 0.15) is 6.07 Å². The van der Waals surface area contributed by atoms with E-state index in [4.69, 9.17) is 5.26 Å². The van der Waals surface area contributed by atoms with Crippen LogP contribution in [0.5, 0.6) is 0 Å². The number of hydrogen-bond donors (Lipinski definition) is 1. The largest absolute Gasteiger partial charge is 0.365 e. The molecule has 1 heterocycles. The van der Waals surface area contributed by atoms with Crippen LogP contribution < -0.4 is 5.32 Å². The Labute approximate surface area is 95.7 Å². The van der Waals surface area contributed by atoms with Crippen LogP contribution in [0.4, 0.5) is 5.82 Å². The first-order valence-corrected chi connectivity index (χ1v) is 5.59. The number of nitrogens with one attached hydrogen (secondary N) is 1. The molecule has 2 rings (SSSR count). The monoisotopic (exact) mass is 216 g/mol. The van der Waals surface area contributed by atoms with Gasteiger partial charge in [-0.3, -0.25) is 0 Å². The topological polar surface area (TPSA) is 61.6 Å². The number of rotatable bonds is 2. The Morgan fingerprint density at radius 1 is 1.56 bits per heavy atom. The third-order valence-corrected chi connectivity index (χ3v) is 3.15. The quantitative estimate of drug-likeness (QED) is 0.824. The average Bonchev–Trinajstić information content (AvgIpc) is 2.59. The Kier molecular flexibility index (Phi) is 2.78. The highest BCUT2D eigenvalue weighted by Crippen LogP contribution is 2.38. The van der Waals surface area contributed by atoms with Crippen molar-refractivity contribution in [3.05, 3.63) is 17.8 Å². The van der Waals surface area contributed by atoms with Crippen LogP contribution in [0.15, 0.2) is 12.3 Å². The first kappa shape index (κ1) is 10.9. The number of nitriles is 1. The van der Waals surface area contributed by atoms with Gasteiger partial charge in [-0.15, -0.1) is 5.10 Å². The summed E-state index contributed by atoms with van der Waals surface area (Å²) in [7, 11) is 0. The highest BCUT2D eigenvalue weighted by atomic mass is 15.2. The second-order valence-corrected chi connectivity index (χ2v) is 5.15. The van der Waals surface area contributed by atoms with Crippen molar-refractivity contribution >= 4 is 5.82 Å². The summed E-state index contributed by atoms with van der Waals surface area (Å²) in [5, 5.41) is 20.0. The van der Waals surface area contributed by atoms with E-state index in [1.807, 2.05) is 0 Å². The van der Waals surface area contributed by atoms with Gasteiger partial charge in [0.25, 0.3) is 0 Å². The summed E-state index contributed by atoms with van der Waals surface area (Å²) >= 11 is 0. The summed E-state index contributed by atoms with van der Waals surface area (Å²) in [5.41, 5.74) is 0.965. The van der Waals surface area contributed by atoms with E-state index < -0.39 is 0 Å². The highest BCUT2D eigenvalue weighted by molar-refractivity contribution is 5.50. The van der Waals surface area contributed by atoms with E-state index in [2.05, 4.69) is 35.4 Å². The molecule has 84 valence electrons. The molecule has 0 aliphatic heterocycles. The Morgan fingerprint density at radius 2 is 2.38 bits per heavy atom. The third-order valence-electron chi connectivity index (χ3n) is 3.15. The Morgan fingerprint density at radius 3 is 3.00 bits per heavy atom. The Hall–Kier alpha value is -1.63. The van der Waals surface area contributed by atoms with E-state index in [-0.39, 0.29) is 0 Å². The third kappa shape index (κ3) is 2.30. The van der Waals surface area contributed by atoms with Crippen LogP contribution in [0.1, 0.15) is 38.7 Å². The van der Waals surface area contributed by atoms with Crippen LogP contribution in [-0.2, 0) is 0 Å². The van der Waals surface area contributed by atoms with Gasteiger partial charge in [0.05, 0.1) is 11.8 Å². The molecule has 1 atom stereocenters. The standard InChI is InChI=1S/C12H16N4/c1-12(2)5-3-10(7-12)15-11-9(8-13)4-6-14-16-11/h4,6,10H,3,5,7H2,1-2H3,(H,15,16). The van der Waals surface area contributed by atoms with Crippen molar-refractivity contribution < 1.29 is 0 Å². The summed E-state index contributed by atoms with van der Waals surface area (Å²) in [6.07, 6.45) is 5.01. The van der Waals surface area contributed by atoms with Crippen LogP contribution in [0.3, 0.4) is 0 Å². The van der Waals surface area contributed by atoms with Gasteiger partial charge in [-0.1, -0.05) is 13.8 Å². The highest BCUT2D eigenvalue weighted by Gasteiger charge is 2.31. The average molecular weight is 216 g/mol. The molecule has 0 aromatic carbocycles. The SMILES string of the molecule is CC1(C)CCC(Nc2nnccc2C#N)C1. The van der Waals surface area contributed by atoms with Gasteiger partial charge in [0, 0.05) is 6.04 Å². The van der Waals surface area contributed by atoms with Crippen LogP contribution in [0.25, 0.3) is 0 Å². The van der Waals surface area contributed by atoms with Gasteiger partial charge < -0.3 is 5.32 Å². The van der Waals surface area contributed by atoms with Crippen molar-refractivity contribution in [3.63, 3.8) is 0 Å². The van der Waals surface area contributed by atoms with Crippen molar-refractivity contribution in [2.24, 2.45) is 5.41 Å². The van der Waals surface area contributed by atoms with E-state index in [1.54, 1.807) is 12.3 Å². The lowest BCUT2D eigenvalue weighted by atomic mass is 9.92. The molecule has 0 radical (unpaired) electrons. The fraction of sp³-hybridized carbons (Fsp3) is 0.583. The molecule has 1 saturated carbocycles. The molecule has 16 heavy (non-hydrogen) atoms. The van der Waals surface area contributed by atoms with E-state index in [9.17, 15) is 0 Å². The van der Waals surface area contributed by atoms with Crippen molar-refractivity contribution in [3.8, 4) is 6.07 Å². The van der Waals surface area contributed by atoms with Gasteiger partial charge in [0.2, 0.25) is 0 Å². The van der Waals surface area contributed by atoms with Crippen molar-refractivity contribution in [1.82, 2.24) is 10.2 Å². The molecule has 0 spiro atoms. The van der Waals surface area contributed by atoms with Crippen LogP contribution in [-0.4, -0.2) is 16.2 Å². The molecular weight excluding hydrogens is 200 g/mol. The number of aromatic nitrogens is 2. The zero-order valence-electron chi connectivity index (χ0n) is 9.70. The van der Waals surface area contributed by atoms with Crippen molar-refractivity contribution in [1.29, 1.82) is 5.26 Å². The first-order valence-electron chi connectivity index (χ1n) is 5.59. The minimum Gasteiger partial charge on any atom is -0.365 e. The maximum absolute atomic E-state index is 8.94. The van der Waals surface area contributed by atoms with Crippen LogP contribution in [0.2, 0.25) is 0 Å². The predicted octanol–water partition coefficient (Wildman–Crippen LogP) is 2.34. The molecule has 4 nitrogen and oxygen atoms in total. The molecule has 1 aliphatic carbocycles. The molecule has 1 fully saturated rings. The smallest absolute Gasteiger partial charge is 0.166 e. The summed E-state index contributed by atoms with van der Waals surface area (Å²) in [5.74, 6) is 0.618. The molecule has 1 unspecified atom stereocenters. The van der Waals surface area contributed by atoms with E-state index in [0.29, 0.717) is 22.8 Å². The summed E-state index contributed by atoms with van der Waals surface area (Å²) in [6.45, 7) is 4.55. The zero-order valence-corrected chi connectivity index (χ0v) is 9.70. The van der Waals surface area contributed by atoms with Gasteiger partial charge in [-0.2, -0.15) is 10.4 Å². The molecule has 0 bridgehead atoms. The maximum Gasteiger partial charge on any atom is 0.166 e. The number of hydrogen-bond acceptors (Lipinski definition) is 4. The van der Waals surface area contributed by atoms with Crippen molar-refractivity contribution in [2.45, 2.75) is 39.2 Å². The molecule has 0 saturated heterocycles. The lowest BCUT2D eigenvalue weighted by Crippen LogP contribution is -2.19. The van der Waals surface area contributed by atoms with Crippen LogP contribution >= 0.6 is 0 Å². The fourth-order valence-corrected chi connectivity index (χ4v) is 2.28. The second-order valence-electron chi connectivity index (χ2n) is 5.15. The predicted molar refractivity (Wildman–Crippen MR) is 61.8 cm³/mol. The molecule has 4 heteroatoms. The molecule has 1 aromatic heterocycles.